The van der Waals surface area contributed by atoms with E-state index in [4.69, 9.17) is 10.8 Å². The fourth-order valence-corrected chi connectivity index (χ4v) is 2.06. The van der Waals surface area contributed by atoms with Crippen LogP contribution in [0.4, 0.5) is 0 Å². The van der Waals surface area contributed by atoms with Crippen LogP contribution in [0.15, 0.2) is 23.2 Å². The Morgan fingerprint density at radius 1 is 1.60 bits per heavy atom. The second-order valence-corrected chi connectivity index (χ2v) is 3.97. The van der Waals surface area contributed by atoms with Gasteiger partial charge in [-0.3, -0.25) is 4.40 Å². The molecule has 0 amide bonds. The fraction of sp³-hybridized carbons (Fsp3) is 0.333. The van der Waals surface area contributed by atoms with Gasteiger partial charge in [0, 0.05) is 12.8 Å². The smallest absolute Gasteiger partial charge is 0.140 e. The molecule has 6 heteroatoms. The second-order valence-electron chi connectivity index (χ2n) is 3.22. The number of fused-ring (bicyclic) bond motifs is 1. The van der Waals surface area contributed by atoms with Gasteiger partial charge in [0.2, 0.25) is 0 Å². The normalized spacial score (nSPS) is 13.3. The molecule has 0 fully saturated rings. The van der Waals surface area contributed by atoms with Gasteiger partial charge in [0.25, 0.3) is 0 Å². The standard InChI is InChI=1S/C9H11BrN4O/c10-9-8(6(11)2-4-15)13-7-1-3-12-5-14(7)9/h1,3,5-6,15H,2,4,11H2. The number of aliphatic hydroxyl groups is 1. The molecular weight excluding hydrogens is 260 g/mol. The number of halogens is 1. The molecule has 0 aromatic carbocycles. The monoisotopic (exact) mass is 270 g/mol. The second kappa shape index (κ2) is 4.26. The Morgan fingerprint density at radius 3 is 3.07 bits per heavy atom. The molecule has 0 aliphatic rings. The lowest BCUT2D eigenvalue weighted by Crippen LogP contribution is -2.12. The lowest BCUT2D eigenvalue weighted by Gasteiger charge is -2.06. The number of hydrogen-bond acceptors (Lipinski definition) is 4. The number of imidazole rings is 1. The molecule has 2 aromatic heterocycles. The van der Waals surface area contributed by atoms with Crippen molar-refractivity contribution in [3.63, 3.8) is 0 Å². The van der Waals surface area contributed by atoms with Gasteiger partial charge in [0.15, 0.2) is 0 Å². The van der Waals surface area contributed by atoms with Crippen LogP contribution in [0.3, 0.4) is 0 Å². The Kier molecular flexibility index (Phi) is 2.99. The zero-order valence-electron chi connectivity index (χ0n) is 7.97. The highest BCUT2D eigenvalue weighted by Crippen LogP contribution is 2.24. The van der Waals surface area contributed by atoms with E-state index in [1.807, 2.05) is 4.40 Å². The molecule has 2 heterocycles. The highest BCUT2D eigenvalue weighted by atomic mass is 79.9. The molecule has 5 nitrogen and oxygen atoms in total. The van der Waals surface area contributed by atoms with Crippen LogP contribution in [-0.2, 0) is 0 Å². The number of aromatic nitrogens is 3. The van der Waals surface area contributed by atoms with E-state index < -0.39 is 0 Å². The minimum atomic E-state index is -0.260. The van der Waals surface area contributed by atoms with Gasteiger partial charge in [-0.05, 0) is 28.4 Å². The molecule has 1 unspecified atom stereocenters. The van der Waals surface area contributed by atoms with Gasteiger partial charge in [-0.2, -0.15) is 0 Å². The molecule has 0 spiro atoms. The maximum absolute atomic E-state index is 8.82. The van der Waals surface area contributed by atoms with E-state index in [-0.39, 0.29) is 12.6 Å². The molecule has 0 aliphatic carbocycles. The summed E-state index contributed by atoms with van der Waals surface area (Å²) in [4.78, 5) is 8.37. The van der Waals surface area contributed by atoms with Crippen LogP contribution in [0.1, 0.15) is 18.2 Å². The van der Waals surface area contributed by atoms with E-state index in [9.17, 15) is 0 Å². The minimum absolute atomic E-state index is 0.0553. The summed E-state index contributed by atoms with van der Waals surface area (Å²) in [6.45, 7) is 0.0553. The Balaban J connectivity index is 2.48. The molecule has 0 saturated heterocycles. The molecule has 2 aromatic rings. The molecule has 0 radical (unpaired) electrons. The Labute approximate surface area is 95.1 Å². The molecular formula is C9H11BrN4O. The summed E-state index contributed by atoms with van der Waals surface area (Å²) < 4.78 is 2.61. The number of aliphatic hydroxyl groups excluding tert-OH is 1. The first-order valence-corrected chi connectivity index (χ1v) is 5.37. The minimum Gasteiger partial charge on any atom is -0.396 e. The van der Waals surface area contributed by atoms with Crippen molar-refractivity contribution < 1.29 is 5.11 Å². The third kappa shape index (κ3) is 1.88. The van der Waals surface area contributed by atoms with Crippen LogP contribution in [0, 0.1) is 0 Å². The van der Waals surface area contributed by atoms with Crippen LogP contribution in [0.5, 0.6) is 0 Å². The number of nitrogens with two attached hydrogens (primary N) is 1. The van der Waals surface area contributed by atoms with E-state index in [2.05, 4.69) is 25.9 Å². The first kappa shape index (κ1) is 10.5. The topological polar surface area (TPSA) is 76.4 Å². The van der Waals surface area contributed by atoms with Gasteiger partial charge in [0.1, 0.15) is 16.6 Å². The average Bonchev–Trinajstić information content (AvgIpc) is 2.57. The van der Waals surface area contributed by atoms with Crippen molar-refractivity contribution in [2.45, 2.75) is 12.5 Å². The Bertz CT molecular complexity index is 470. The van der Waals surface area contributed by atoms with Crippen LogP contribution in [-0.4, -0.2) is 26.1 Å². The molecule has 80 valence electrons. The van der Waals surface area contributed by atoms with Crippen molar-refractivity contribution in [3.8, 4) is 0 Å². The molecule has 3 N–H and O–H groups in total. The summed E-state index contributed by atoms with van der Waals surface area (Å²) in [5, 5.41) is 8.82. The molecule has 15 heavy (non-hydrogen) atoms. The zero-order valence-corrected chi connectivity index (χ0v) is 9.55. The van der Waals surface area contributed by atoms with Gasteiger partial charge in [-0.1, -0.05) is 0 Å². The van der Waals surface area contributed by atoms with Gasteiger partial charge in [-0.25, -0.2) is 9.97 Å². The molecule has 0 aliphatic heterocycles. The largest absolute Gasteiger partial charge is 0.396 e. The number of rotatable bonds is 3. The SMILES string of the molecule is NC(CCO)c1nc2ccncn2c1Br. The van der Waals surface area contributed by atoms with Gasteiger partial charge >= 0.3 is 0 Å². The molecule has 0 bridgehead atoms. The lowest BCUT2D eigenvalue weighted by atomic mass is 10.2. The first-order chi connectivity index (χ1) is 7.24. The predicted octanol–water partition coefficient (Wildman–Crippen LogP) is 0.874. The van der Waals surface area contributed by atoms with Crippen molar-refractivity contribution >= 4 is 21.6 Å². The first-order valence-electron chi connectivity index (χ1n) is 4.58. The molecule has 1 atom stereocenters. The highest BCUT2D eigenvalue weighted by Gasteiger charge is 2.15. The van der Waals surface area contributed by atoms with Crippen molar-refractivity contribution in [1.29, 1.82) is 0 Å². The summed E-state index contributed by atoms with van der Waals surface area (Å²) in [7, 11) is 0. The van der Waals surface area contributed by atoms with E-state index in [0.717, 1.165) is 15.9 Å². The van der Waals surface area contributed by atoms with Gasteiger partial charge in [-0.15, -0.1) is 0 Å². The van der Waals surface area contributed by atoms with Crippen LogP contribution in [0.25, 0.3) is 5.65 Å². The van der Waals surface area contributed by atoms with Crippen molar-refractivity contribution in [1.82, 2.24) is 14.4 Å². The summed E-state index contributed by atoms with van der Waals surface area (Å²) in [5.41, 5.74) is 7.42. The quantitative estimate of drug-likeness (QED) is 0.868. The third-order valence-electron chi connectivity index (χ3n) is 2.19. The summed E-state index contributed by atoms with van der Waals surface area (Å²) in [6, 6.07) is 1.55. The van der Waals surface area contributed by atoms with Crippen molar-refractivity contribution in [2.24, 2.45) is 5.73 Å². The summed E-state index contributed by atoms with van der Waals surface area (Å²) in [6.07, 6.45) is 3.84. The maximum atomic E-state index is 8.82. The summed E-state index contributed by atoms with van der Waals surface area (Å²) >= 11 is 3.42. The Hall–Kier alpha value is -0.980. The number of hydrogen-bond donors (Lipinski definition) is 2. The Morgan fingerprint density at radius 2 is 2.40 bits per heavy atom. The van der Waals surface area contributed by atoms with E-state index in [0.29, 0.717) is 6.42 Å². The third-order valence-corrected chi connectivity index (χ3v) is 2.98. The van der Waals surface area contributed by atoms with Crippen LogP contribution in [0.2, 0.25) is 0 Å². The zero-order chi connectivity index (χ0) is 10.8. The van der Waals surface area contributed by atoms with Gasteiger partial charge < -0.3 is 10.8 Å². The summed E-state index contributed by atoms with van der Waals surface area (Å²) in [5.74, 6) is 0. The van der Waals surface area contributed by atoms with Crippen molar-refractivity contribution in [2.75, 3.05) is 6.61 Å². The van der Waals surface area contributed by atoms with Gasteiger partial charge in [0.05, 0.1) is 11.7 Å². The van der Waals surface area contributed by atoms with E-state index in [1.54, 1.807) is 18.6 Å². The van der Waals surface area contributed by atoms with Crippen molar-refractivity contribution in [3.05, 3.63) is 28.9 Å². The van der Waals surface area contributed by atoms with E-state index >= 15 is 0 Å². The van der Waals surface area contributed by atoms with Crippen LogP contribution >= 0.6 is 15.9 Å². The molecule has 2 rings (SSSR count). The average molecular weight is 271 g/mol. The predicted molar refractivity (Wildman–Crippen MR) is 59.3 cm³/mol. The maximum Gasteiger partial charge on any atom is 0.140 e. The van der Waals surface area contributed by atoms with Crippen LogP contribution < -0.4 is 5.73 Å². The lowest BCUT2D eigenvalue weighted by molar-refractivity contribution is 0.275. The highest BCUT2D eigenvalue weighted by molar-refractivity contribution is 9.10. The number of nitrogens with zero attached hydrogens (tertiary/aromatic N) is 3. The van der Waals surface area contributed by atoms with E-state index in [1.165, 1.54) is 0 Å². The fourth-order valence-electron chi connectivity index (χ4n) is 1.40. The molecule has 0 saturated carbocycles.